The van der Waals surface area contributed by atoms with Gasteiger partial charge in [0.1, 0.15) is 0 Å². The van der Waals surface area contributed by atoms with Gasteiger partial charge in [0.2, 0.25) is 11.8 Å². The summed E-state index contributed by atoms with van der Waals surface area (Å²) in [5.74, 6) is 0.658. The van der Waals surface area contributed by atoms with Crippen LogP contribution in [0.1, 0.15) is 17.0 Å². The van der Waals surface area contributed by atoms with Crippen LogP contribution in [0.5, 0.6) is 0 Å². The number of amides is 1. The monoisotopic (exact) mass is 277 g/mol. The van der Waals surface area contributed by atoms with E-state index in [1.165, 1.54) is 11.8 Å². The highest BCUT2D eigenvalue weighted by Crippen LogP contribution is 2.21. The standard InChI is InChI=1S/C13H15N3O2S/c1-8-5-4-6-9(2)12(8)14-11(17)7-19-13-16-15-10(3)18-13/h4-6H,7H2,1-3H3,(H,14,17). The van der Waals surface area contributed by atoms with E-state index in [9.17, 15) is 4.79 Å². The molecule has 1 aromatic heterocycles. The lowest BCUT2D eigenvalue weighted by Crippen LogP contribution is -2.15. The molecule has 5 nitrogen and oxygen atoms in total. The SMILES string of the molecule is Cc1nnc(SCC(=O)Nc2c(C)cccc2C)o1. The quantitative estimate of drug-likeness (QED) is 0.870. The number of carbonyl (C=O) groups is 1. The number of nitrogens with zero attached hydrogens (tertiary/aromatic N) is 2. The van der Waals surface area contributed by atoms with E-state index in [0.29, 0.717) is 11.1 Å². The maximum absolute atomic E-state index is 11.9. The summed E-state index contributed by atoms with van der Waals surface area (Å²) in [6.45, 7) is 5.65. The lowest BCUT2D eigenvalue weighted by molar-refractivity contribution is -0.113. The minimum absolute atomic E-state index is 0.0850. The number of carbonyl (C=O) groups excluding carboxylic acids is 1. The molecule has 0 atom stereocenters. The Morgan fingerprint density at radius 1 is 1.26 bits per heavy atom. The van der Waals surface area contributed by atoms with Crippen LogP contribution in [0.3, 0.4) is 0 Å². The zero-order valence-electron chi connectivity index (χ0n) is 11.1. The molecular weight excluding hydrogens is 262 g/mol. The van der Waals surface area contributed by atoms with Crippen LogP contribution in [0, 0.1) is 20.8 Å². The molecule has 0 unspecified atom stereocenters. The maximum Gasteiger partial charge on any atom is 0.277 e. The first-order valence-electron chi connectivity index (χ1n) is 5.85. The molecule has 0 aliphatic heterocycles. The van der Waals surface area contributed by atoms with E-state index in [1.54, 1.807) is 6.92 Å². The highest BCUT2D eigenvalue weighted by molar-refractivity contribution is 7.99. The van der Waals surface area contributed by atoms with Crippen LogP contribution in [0.15, 0.2) is 27.8 Å². The van der Waals surface area contributed by atoms with E-state index in [4.69, 9.17) is 4.42 Å². The zero-order chi connectivity index (χ0) is 13.8. The molecule has 0 spiro atoms. The van der Waals surface area contributed by atoms with Crippen molar-refractivity contribution in [2.24, 2.45) is 0 Å². The number of aryl methyl sites for hydroxylation is 3. The van der Waals surface area contributed by atoms with E-state index in [2.05, 4.69) is 15.5 Å². The summed E-state index contributed by atoms with van der Waals surface area (Å²) in [6.07, 6.45) is 0. The molecule has 1 heterocycles. The largest absolute Gasteiger partial charge is 0.416 e. The predicted molar refractivity (Wildman–Crippen MR) is 74.3 cm³/mol. The Labute approximate surface area is 115 Å². The topological polar surface area (TPSA) is 68.0 Å². The van der Waals surface area contributed by atoms with Gasteiger partial charge in [-0.05, 0) is 25.0 Å². The summed E-state index contributed by atoms with van der Waals surface area (Å²) in [5.41, 5.74) is 2.97. The number of hydrogen-bond acceptors (Lipinski definition) is 5. The number of para-hydroxylation sites is 1. The van der Waals surface area contributed by atoms with Crippen molar-refractivity contribution < 1.29 is 9.21 Å². The molecule has 0 saturated heterocycles. The molecule has 1 N–H and O–H groups in total. The van der Waals surface area contributed by atoms with Crippen LogP contribution in [0.4, 0.5) is 5.69 Å². The molecule has 2 rings (SSSR count). The van der Waals surface area contributed by atoms with Crippen molar-refractivity contribution in [3.8, 4) is 0 Å². The number of rotatable bonds is 4. The first kappa shape index (κ1) is 13.6. The van der Waals surface area contributed by atoms with Crippen molar-refractivity contribution in [1.82, 2.24) is 10.2 Å². The zero-order valence-corrected chi connectivity index (χ0v) is 11.9. The molecule has 0 fully saturated rings. The van der Waals surface area contributed by atoms with Crippen LogP contribution < -0.4 is 5.32 Å². The summed E-state index contributed by atoms with van der Waals surface area (Å²) >= 11 is 1.23. The van der Waals surface area contributed by atoms with Gasteiger partial charge in [0.15, 0.2) is 0 Å². The number of thioether (sulfide) groups is 1. The average Bonchev–Trinajstić information content (AvgIpc) is 2.77. The first-order valence-corrected chi connectivity index (χ1v) is 6.84. The van der Waals surface area contributed by atoms with Crippen LogP contribution >= 0.6 is 11.8 Å². The fourth-order valence-electron chi connectivity index (χ4n) is 1.65. The third-order valence-electron chi connectivity index (χ3n) is 2.58. The average molecular weight is 277 g/mol. The van der Waals surface area contributed by atoms with Gasteiger partial charge in [-0.15, -0.1) is 10.2 Å². The predicted octanol–water partition coefficient (Wildman–Crippen LogP) is 2.73. The molecule has 0 bridgehead atoms. The van der Waals surface area contributed by atoms with Gasteiger partial charge in [-0.25, -0.2) is 0 Å². The smallest absolute Gasteiger partial charge is 0.277 e. The molecule has 0 aliphatic rings. The van der Waals surface area contributed by atoms with Crippen molar-refractivity contribution in [3.05, 3.63) is 35.2 Å². The molecule has 19 heavy (non-hydrogen) atoms. The molecule has 100 valence electrons. The fraction of sp³-hybridized carbons (Fsp3) is 0.308. The summed E-state index contributed by atoms with van der Waals surface area (Å²) in [5, 5.41) is 10.9. The minimum atomic E-state index is -0.0850. The molecule has 1 aromatic carbocycles. The Kier molecular flexibility index (Phi) is 4.21. The lowest BCUT2D eigenvalue weighted by atomic mass is 10.1. The number of hydrogen-bond donors (Lipinski definition) is 1. The highest BCUT2D eigenvalue weighted by Gasteiger charge is 2.10. The molecule has 0 radical (unpaired) electrons. The van der Waals surface area contributed by atoms with Crippen LogP contribution in [-0.4, -0.2) is 21.9 Å². The van der Waals surface area contributed by atoms with Gasteiger partial charge < -0.3 is 9.73 Å². The Morgan fingerprint density at radius 3 is 2.53 bits per heavy atom. The fourth-order valence-corrected chi connectivity index (χ4v) is 2.26. The number of nitrogens with one attached hydrogen (secondary N) is 1. The van der Waals surface area contributed by atoms with Gasteiger partial charge in [0, 0.05) is 12.6 Å². The lowest BCUT2D eigenvalue weighted by Gasteiger charge is -2.10. The Bertz CT molecular complexity index is 575. The maximum atomic E-state index is 11.9. The van der Waals surface area contributed by atoms with Crippen molar-refractivity contribution in [2.75, 3.05) is 11.1 Å². The van der Waals surface area contributed by atoms with E-state index in [1.807, 2.05) is 32.0 Å². The first-order chi connectivity index (χ1) is 9.06. The second kappa shape index (κ2) is 5.88. The van der Waals surface area contributed by atoms with Gasteiger partial charge in [0.25, 0.3) is 5.22 Å². The van der Waals surface area contributed by atoms with E-state index in [-0.39, 0.29) is 11.7 Å². The van der Waals surface area contributed by atoms with E-state index >= 15 is 0 Å². The van der Waals surface area contributed by atoms with Crippen molar-refractivity contribution >= 4 is 23.4 Å². The summed E-state index contributed by atoms with van der Waals surface area (Å²) < 4.78 is 5.19. The summed E-state index contributed by atoms with van der Waals surface area (Å²) in [4.78, 5) is 11.9. The summed E-state index contributed by atoms with van der Waals surface area (Å²) in [6, 6.07) is 5.91. The van der Waals surface area contributed by atoms with Crippen LogP contribution in [0.2, 0.25) is 0 Å². The number of aromatic nitrogens is 2. The second-order valence-electron chi connectivity index (χ2n) is 4.19. The van der Waals surface area contributed by atoms with Gasteiger partial charge in [0.05, 0.1) is 5.75 Å². The second-order valence-corrected chi connectivity index (χ2v) is 5.12. The molecule has 0 aliphatic carbocycles. The van der Waals surface area contributed by atoms with Gasteiger partial charge >= 0.3 is 0 Å². The van der Waals surface area contributed by atoms with Crippen LogP contribution in [0.25, 0.3) is 0 Å². The normalized spacial score (nSPS) is 10.5. The van der Waals surface area contributed by atoms with Crippen molar-refractivity contribution in [3.63, 3.8) is 0 Å². The third-order valence-corrected chi connectivity index (χ3v) is 3.40. The molecule has 0 saturated carbocycles. The van der Waals surface area contributed by atoms with Crippen molar-refractivity contribution in [1.29, 1.82) is 0 Å². The Balaban J connectivity index is 1.94. The van der Waals surface area contributed by atoms with Gasteiger partial charge in [-0.1, -0.05) is 30.0 Å². The van der Waals surface area contributed by atoms with E-state index < -0.39 is 0 Å². The molecule has 6 heteroatoms. The van der Waals surface area contributed by atoms with E-state index in [0.717, 1.165) is 16.8 Å². The highest BCUT2D eigenvalue weighted by atomic mass is 32.2. The molecular formula is C13H15N3O2S. The molecule has 2 aromatic rings. The number of anilines is 1. The van der Waals surface area contributed by atoms with Crippen molar-refractivity contribution in [2.45, 2.75) is 26.0 Å². The Morgan fingerprint density at radius 2 is 1.95 bits per heavy atom. The number of benzene rings is 1. The minimum Gasteiger partial charge on any atom is -0.416 e. The molecule has 1 amide bonds. The van der Waals surface area contributed by atoms with Gasteiger partial charge in [-0.3, -0.25) is 4.79 Å². The van der Waals surface area contributed by atoms with Gasteiger partial charge in [-0.2, -0.15) is 0 Å². The summed E-state index contributed by atoms with van der Waals surface area (Å²) in [7, 11) is 0. The third kappa shape index (κ3) is 3.57. The van der Waals surface area contributed by atoms with Crippen LogP contribution in [-0.2, 0) is 4.79 Å². The Hall–Kier alpha value is -1.82.